The molecule has 1 amide bonds. The summed E-state index contributed by atoms with van der Waals surface area (Å²) in [5.41, 5.74) is 5.04. The minimum Gasteiger partial charge on any atom is -0.377 e. The Labute approximate surface area is 109 Å². The molecule has 0 aliphatic rings. The highest BCUT2D eigenvalue weighted by atomic mass is 32.2. The molecule has 0 radical (unpaired) electrons. The Bertz CT molecular complexity index is 365. The Balaban J connectivity index is 4.44. The summed E-state index contributed by atoms with van der Waals surface area (Å²) in [4.78, 5) is 11.4. The van der Waals surface area contributed by atoms with Crippen molar-refractivity contribution in [3.8, 4) is 0 Å². The van der Waals surface area contributed by atoms with Crippen LogP contribution in [0.15, 0.2) is 0 Å². The lowest BCUT2D eigenvalue weighted by Gasteiger charge is -2.29. The average Bonchev–Trinajstić information content (AvgIpc) is 2.24. The first-order valence-corrected chi connectivity index (χ1v) is 7.74. The summed E-state index contributed by atoms with van der Waals surface area (Å²) in [6.07, 6.45) is 0.766. The van der Waals surface area contributed by atoms with E-state index in [0.717, 1.165) is 6.42 Å². The normalized spacial score (nSPS) is 14.3. The van der Waals surface area contributed by atoms with Crippen molar-refractivity contribution in [1.29, 1.82) is 0 Å². The summed E-state index contributed by atoms with van der Waals surface area (Å²) >= 11 is 0. The molecule has 0 saturated carbocycles. The molecule has 0 aliphatic carbocycles. The number of rotatable bonds is 8. The fourth-order valence-corrected chi connectivity index (χ4v) is 2.77. The van der Waals surface area contributed by atoms with Crippen molar-refractivity contribution in [3.05, 3.63) is 0 Å². The lowest BCUT2D eigenvalue weighted by atomic mass is 10.0. The molecular weight excluding hydrogens is 256 g/mol. The maximum atomic E-state index is 11.8. The Morgan fingerprint density at radius 2 is 2.00 bits per heavy atom. The molecule has 0 aromatic heterocycles. The predicted octanol–water partition coefficient (Wildman–Crippen LogP) is -0.320. The molecule has 0 aromatic carbocycles. The zero-order chi connectivity index (χ0) is 14.4. The van der Waals surface area contributed by atoms with Crippen LogP contribution in [0.25, 0.3) is 0 Å². The molecule has 0 aliphatic heterocycles. The zero-order valence-corrected chi connectivity index (χ0v) is 12.3. The van der Waals surface area contributed by atoms with Crippen molar-refractivity contribution in [1.82, 2.24) is 5.32 Å². The predicted molar refractivity (Wildman–Crippen MR) is 71.0 cm³/mol. The maximum absolute atomic E-state index is 11.8. The SMILES string of the molecule is CCCNC(=O)CS(=O)(=O)CC(N)C(C)(C)OC. The van der Waals surface area contributed by atoms with Crippen molar-refractivity contribution in [2.45, 2.75) is 38.8 Å². The van der Waals surface area contributed by atoms with Crippen molar-refractivity contribution in [3.63, 3.8) is 0 Å². The second-order valence-electron chi connectivity index (χ2n) is 4.82. The molecule has 3 N–H and O–H groups in total. The van der Waals surface area contributed by atoms with E-state index in [0.29, 0.717) is 6.54 Å². The van der Waals surface area contributed by atoms with E-state index in [1.165, 1.54) is 7.11 Å². The van der Waals surface area contributed by atoms with Crippen molar-refractivity contribution < 1.29 is 17.9 Å². The van der Waals surface area contributed by atoms with Crippen LogP contribution in [0, 0.1) is 0 Å². The van der Waals surface area contributed by atoms with Crippen LogP contribution in [0.1, 0.15) is 27.2 Å². The van der Waals surface area contributed by atoms with E-state index in [9.17, 15) is 13.2 Å². The third-order valence-electron chi connectivity index (χ3n) is 2.78. The molecule has 0 bridgehead atoms. The number of carbonyl (C=O) groups excluding carboxylic acids is 1. The Hall–Kier alpha value is -0.660. The Morgan fingerprint density at radius 3 is 2.44 bits per heavy atom. The minimum atomic E-state index is -3.52. The van der Waals surface area contributed by atoms with E-state index >= 15 is 0 Å². The smallest absolute Gasteiger partial charge is 0.235 e. The molecule has 0 saturated heterocycles. The molecule has 0 aromatic rings. The van der Waals surface area contributed by atoms with Crippen LogP contribution in [-0.4, -0.2) is 51.1 Å². The molecule has 18 heavy (non-hydrogen) atoms. The van der Waals surface area contributed by atoms with Gasteiger partial charge >= 0.3 is 0 Å². The van der Waals surface area contributed by atoms with Crippen molar-refractivity contribution in [2.24, 2.45) is 5.73 Å². The van der Waals surface area contributed by atoms with Crippen LogP contribution in [0.4, 0.5) is 0 Å². The molecule has 0 rings (SSSR count). The van der Waals surface area contributed by atoms with Gasteiger partial charge in [-0.1, -0.05) is 6.92 Å². The number of ether oxygens (including phenoxy) is 1. The molecule has 1 unspecified atom stereocenters. The second-order valence-corrected chi connectivity index (χ2v) is 6.93. The quantitative estimate of drug-likeness (QED) is 0.635. The number of carbonyl (C=O) groups is 1. The minimum absolute atomic E-state index is 0.270. The molecule has 108 valence electrons. The summed E-state index contributed by atoms with van der Waals surface area (Å²) in [6.45, 7) is 5.80. The number of methoxy groups -OCH3 is 1. The third-order valence-corrected chi connectivity index (χ3v) is 4.34. The number of nitrogens with two attached hydrogens (primary N) is 1. The highest BCUT2D eigenvalue weighted by molar-refractivity contribution is 7.92. The van der Waals surface area contributed by atoms with Gasteiger partial charge in [0.25, 0.3) is 0 Å². The third kappa shape index (κ3) is 6.32. The highest BCUT2D eigenvalue weighted by Gasteiger charge is 2.31. The Kier molecular flexibility index (Phi) is 6.80. The van der Waals surface area contributed by atoms with Gasteiger partial charge in [-0.25, -0.2) is 8.42 Å². The van der Waals surface area contributed by atoms with Crippen LogP contribution >= 0.6 is 0 Å². The Morgan fingerprint density at radius 1 is 1.44 bits per heavy atom. The summed E-state index contributed by atoms with van der Waals surface area (Å²) in [7, 11) is -2.05. The molecular formula is C11H24N2O4S. The molecule has 7 heteroatoms. The number of amides is 1. The molecule has 0 heterocycles. The average molecular weight is 280 g/mol. The van der Waals surface area contributed by atoms with Gasteiger partial charge in [-0.05, 0) is 20.3 Å². The van der Waals surface area contributed by atoms with Crippen LogP contribution in [0.2, 0.25) is 0 Å². The molecule has 0 fully saturated rings. The first-order valence-electron chi connectivity index (χ1n) is 5.92. The number of nitrogens with one attached hydrogen (secondary N) is 1. The fourth-order valence-electron chi connectivity index (χ4n) is 1.20. The van der Waals surface area contributed by atoms with Gasteiger partial charge in [-0.3, -0.25) is 4.79 Å². The molecule has 0 spiro atoms. The van der Waals surface area contributed by atoms with Crippen molar-refractivity contribution >= 4 is 15.7 Å². The monoisotopic (exact) mass is 280 g/mol. The number of hydrogen-bond donors (Lipinski definition) is 2. The first kappa shape index (κ1) is 17.3. The van der Waals surface area contributed by atoms with Crippen LogP contribution in [0.3, 0.4) is 0 Å². The van der Waals surface area contributed by atoms with E-state index in [-0.39, 0.29) is 5.75 Å². The first-order chi connectivity index (χ1) is 8.14. The van der Waals surface area contributed by atoms with Gasteiger partial charge in [0, 0.05) is 19.7 Å². The second kappa shape index (κ2) is 7.06. The highest BCUT2D eigenvalue weighted by Crippen LogP contribution is 2.13. The lowest BCUT2D eigenvalue weighted by Crippen LogP contribution is -2.50. The molecule has 6 nitrogen and oxygen atoms in total. The van der Waals surface area contributed by atoms with E-state index in [2.05, 4.69) is 5.32 Å². The van der Waals surface area contributed by atoms with Gasteiger partial charge in [0.15, 0.2) is 9.84 Å². The standard InChI is InChI=1S/C11H24N2O4S/c1-5-6-13-10(14)8-18(15,16)7-9(12)11(2,3)17-4/h9H,5-8,12H2,1-4H3,(H,13,14). The largest absolute Gasteiger partial charge is 0.377 e. The van der Waals surface area contributed by atoms with Crippen LogP contribution < -0.4 is 11.1 Å². The van der Waals surface area contributed by atoms with Gasteiger partial charge in [0.05, 0.1) is 11.4 Å². The van der Waals surface area contributed by atoms with E-state index < -0.39 is 33.1 Å². The van der Waals surface area contributed by atoms with Gasteiger partial charge in [-0.2, -0.15) is 0 Å². The van der Waals surface area contributed by atoms with Gasteiger partial charge in [0.1, 0.15) is 5.75 Å². The van der Waals surface area contributed by atoms with Gasteiger partial charge < -0.3 is 15.8 Å². The fraction of sp³-hybridized carbons (Fsp3) is 0.909. The summed E-state index contributed by atoms with van der Waals surface area (Å²) < 4.78 is 28.7. The topological polar surface area (TPSA) is 98.5 Å². The lowest BCUT2D eigenvalue weighted by molar-refractivity contribution is -0.118. The van der Waals surface area contributed by atoms with Gasteiger partial charge in [-0.15, -0.1) is 0 Å². The van der Waals surface area contributed by atoms with Crippen LogP contribution in [-0.2, 0) is 19.4 Å². The van der Waals surface area contributed by atoms with E-state index in [1.54, 1.807) is 13.8 Å². The van der Waals surface area contributed by atoms with Gasteiger partial charge in [0.2, 0.25) is 5.91 Å². The van der Waals surface area contributed by atoms with E-state index in [4.69, 9.17) is 10.5 Å². The number of hydrogen-bond acceptors (Lipinski definition) is 5. The number of sulfone groups is 1. The maximum Gasteiger partial charge on any atom is 0.235 e. The zero-order valence-electron chi connectivity index (χ0n) is 11.5. The summed E-state index contributed by atoms with van der Waals surface area (Å²) in [5.74, 6) is -1.28. The van der Waals surface area contributed by atoms with Crippen molar-refractivity contribution in [2.75, 3.05) is 25.2 Å². The summed E-state index contributed by atoms with van der Waals surface area (Å²) in [5, 5.41) is 2.52. The van der Waals surface area contributed by atoms with E-state index in [1.807, 2.05) is 6.92 Å². The molecule has 1 atom stereocenters. The summed E-state index contributed by atoms with van der Waals surface area (Å²) in [6, 6.07) is -0.675. The van der Waals surface area contributed by atoms with Crippen LogP contribution in [0.5, 0.6) is 0 Å².